The normalized spacial score (nSPS) is 18.4. The van der Waals surface area contributed by atoms with Crippen LogP contribution < -0.4 is 5.32 Å². The summed E-state index contributed by atoms with van der Waals surface area (Å²) in [4.78, 5) is 24.9. The van der Waals surface area contributed by atoms with E-state index < -0.39 is 0 Å². The number of rotatable bonds is 5. The second kappa shape index (κ2) is 8.38. The van der Waals surface area contributed by atoms with E-state index in [0.29, 0.717) is 6.54 Å². The number of hydrogen-bond donors (Lipinski definition) is 1. The summed E-state index contributed by atoms with van der Waals surface area (Å²) in [7, 11) is 0. The number of fused-ring (bicyclic) bond motifs is 1. The number of carbonyl (C=O) groups excluding carboxylic acids is 2. The van der Waals surface area contributed by atoms with Gasteiger partial charge < -0.3 is 5.32 Å². The van der Waals surface area contributed by atoms with E-state index in [0.717, 1.165) is 37.0 Å². The Labute approximate surface area is 165 Å². The standard InChI is InChI=1S/C23H25N3O2/c27-22(24-21-12-6-10-17-7-4-5-11-19(17)21)13-14-23(28)26-16-15-20(25-26)18-8-2-1-3-9-18/h1-5,7-9,11,21H,6,10,12-16H2,(H,24,27)/t21-/m1/s1. The van der Waals surface area contributed by atoms with Gasteiger partial charge in [0, 0.05) is 19.3 Å². The summed E-state index contributed by atoms with van der Waals surface area (Å²) in [6.45, 7) is 0.584. The Kier molecular flexibility index (Phi) is 5.51. The average Bonchev–Trinajstić information content (AvgIpc) is 3.23. The third-order valence-electron chi connectivity index (χ3n) is 5.47. The Balaban J connectivity index is 1.30. The molecule has 5 heteroatoms. The first kappa shape index (κ1) is 18.4. The predicted octanol–water partition coefficient (Wildman–Crippen LogP) is 3.60. The van der Waals surface area contributed by atoms with Gasteiger partial charge in [0.25, 0.3) is 0 Å². The summed E-state index contributed by atoms with van der Waals surface area (Å²) >= 11 is 0. The number of nitrogens with one attached hydrogen (secondary N) is 1. The molecule has 1 heterocycles. The molecule has 0 radical (unpaired) electrons. The first-order valence-electron chi connectivity index (χ1n) is 10.0. The maximum absolute atomic E-state index is 12.5. The Hall–Kier alpha value is -2.95. The molecule has 1 aliphatic heterocycles. The van der Waals surface area contributed by atoms with Crippen molar-refractivity contribution >= 4 is 17.5 Å². The smallest absolute Gasteiger partial charge is 0.243 e. The number of amides is 2. The highest BCUT2D eigenvalue weighted by Gasteiger charge is 2.24. The van der Waals surface area contributed by atoms with Gasteiger partial charge in [0.2, 0.25) is 11.8 Å². The summed E-state index contributed by atoms with van der Waals surface area (Å²) in [6.07, 6.45) is 4.23. The van der Waals surface area contributed by atoms with Gasteiger partial charge in [-0.05, 0) is 36.0 Å². The second-order valence-electron chi connectivity index (χ2n) is 7.39. The topological polar surface area (TPSA) is 61.8 Å². The number of hydrogen-bond acceptors (Lipinski definition) is 3. The minimum Gasteiger partial charge on any atom is -0.349 e. The quantitative estimate of drug-likeness (QED) is 0.868. The van der Waals surface area contributed by atoms with Gasteiger partial charge in [0.1, 0.15) is 0 Å². The van der Waals surface area contributed by atoms with E-state index in [1.807, 2.05) is 42.5 Å². The summed E-state index contributed by atoms with van der Waals surface area (Å²) in [5.74, 6) is -0.161. The van der Waals surface area contributed by atoms with Crippen LogP contribution in [0.4, 0.5) is 0 Å². The van der Waals surface area contributed by atoms with Gasteiger partial charge in [0.05, 0.1) is 18.3 Å². The molecule has 0 aromatic heterocycles. The van der Waals surface area contributed by atoms with Crippen LogP contribution in [-0.2, 0) is 16.0 Å². The van der Waals surface area contributed by atoms with E-state index in [1.54, 1.807) is 0 Å². The van der Waals surface area contributed by atoms with E-state index >= 15 is 0 Å². The summed E-state index contributed by atoms with van der Waals surface area (Å²) in [5.41, 5.74) is 4.50. The number of nitrogens with zero attached hydrogens (tertiary/aromatic N) is 2. The number of benzene rings is 2. The van der Waals surface area contributed by atoms with Crippen LogP contribution in [0.25, 0.3) is 0 Å². The van der Waals surface area contributed by atoms with Gasteiger partial charge in [-0.2, -0.15) is 5.10 Å². The predicted molar refractivity (Wildman–Crippen MR) is 109 cm³/mol. The zero-order valence-corrected chi connectivity index (χ0v) is 15.9. The van der Waals surface area contributed by atoms with Gasteiger partial charge in [-0.25, -0.2) is 5.01 Å². The van der Waals surface area contributed by atoms with Gasteiger partial charge in [-0.3, -0.25) is 9.59 Å². The van der Waals surface area contributed by atoms with Crippen molar-refractivity contribution in [3.8, 4) is 0 Å². The zero-order chi connectivity index (χ0) is 19.3. The fourth-order valence-electron chi connectivity index (χ4n) is 3.99. The fraction of sp³-hybridized carbons (Fsp3) is 0.348. The van der Waals surface area contributed by atoms with Crippen LogP contribution in [0.15, 0.2) is 59.7 Å². The lowest BCUT2D eigenvalue weighted by atomic mass is 9.87. The Morgan fingerprint density at radius 2 is 1.79 bits per heavy atom. The Morgan fingerprint density at radius 1 is 1.00 bits per heavy atom. The van der Waals surface area contributed by atoms with Crippen LogP contribution in [0.5, 0.6) is 0 Å². The van der Waals surface area contributed by atoms with Crippen LogP contribution >= 0.6 is 0 Å². The van der Waals surface area contributed by atoms with E-state index in [2.05, 4.69) is 22.6 Å². The highest BCUT2D eigenvalue weighted by Crippen LogP contribution is 2.29. The average molecular weight is 375 g/mol. The van der Waals surface area contributed by atoms with Gasteiger partial charge in [-0.15, -0.1) is 0 Å². The molecule has 1 aliphatic carbocycles. The maximum atomic E-state index is 12.5. The molecule has 0 saturated heterocycles. The minimum absolute atomic E-state index is 0.0574. The van der Waals surface area contributed by atoms with Crippen LogP contribution in [0.2, 0.25) is 0 Å². The van der Waals surface area contributed by atoms with E-state index in [-0.39, 0.29) is 30.7 Å². The second-order valence-corrected chi connectivity index (χ2v) is 7.39. The number of hydrazone groups is 1. The lowest BCUT2D eigenvalue weighted by Gasteiger charge is -2.26. The minimum atomic E-state index is -0.0925. The molecular weight excluding hydrogens is 350 g/mol. The molecule has 2 aromatic rings. The van der Waals surface area contributed by atoms with Crippen LogP contribution in [-0.4, -0.2) is 29.1 Å². The highest BCUT2D eigenvalue weighted by atomic mass is 16.2. The number of carbonyl (C=O) groups is 2. The Morgan fingerprint density at radius 3 is 2.64 bits per heavy atom. The molecule has 28 heavy (non-hydrogen) atoms. The lowest BCUT2D eigenvalue weighted by Crippen LogP contribution is -2.32. The highest BCUT2D eigenvalue weighted by molar-refractivity contribution is 6.02. The van der Waals surface area contributed by atoms with Crippen molar-refractivity contribution < 1.29 is 9.59 Å². The maximum Gasteiger partial charge on any atom is 0.243 e. The van der Waals surface area contributed by atoms with Crippen molar-refractivity contribution in [1.82, 2.24) is 10.3 Å². The molecule has 2 aliphatic rings. The van der Waals surface area contributed by atoms with E-state index in [4.69, 9.17) is 0 Å². The lowest BCUT2D eigenvalue weighted by molar-refractivity contribution is -0.133. The molecule has 1 atom stereocenters. The van der Waals surface area contributed by atoms with Crippen molar-refractivity contribution in [3.63, 3.8) is 0 Å². The molecule has 5 nitrogen and oxygen atoms in total. The monoisotopic (exact) mass is 375 g/mol. The summed E-state index contributed by atoms with van der Waals surface area (Å²) in [5, 5.41) is 9.07. The molecule has 4 rings (SSSR count). The molecule has 0 spiro atoms. The van der Waals surface area contributed by atoms with Crippen molar-refractivity contribution in [3.05, 3.63) is 71.3 Å². The van der Waals surface area contributed by atoms with Crippen molar-refractivity contribution in [2.75, 3.05) is 6.54 Å². The van der Waals surface area contributed by atoms with Crippen molar-refractivity contribution in [1.29, 1.82) is 0 Å². The molecular formula is C23H25N3O2. The van der Waals surface area contributed by atoms with Gasteiger partial charge in [-0.1, -0.05) is 54.6 Å². The first-order valence-corrected chi connectivity index (χ1v) is 10.0. The van der Waals surface area contributed by atoms with E-state index in [1.165, 1.54) is 16.1 Å². The first-order chi connectivity index (χ1) is 13.7. The van der Waals surface area contributed by atoms with Crippen molar-refractivity contribution in [2.24, 2.45) is 5.10 Å². The van der Waals surface area contributed by atoms with Crippen LogP contribution in [0, 0.1) is 0 Å². The Bertz CT molecular complexity index is 892. The molecule has 0 fully saturated rings. The molecule has 144 valence electrons. The third kappa shape index (κ3) is 4.14. The largest absolute Gasteiger partial charge is 0.349 e. The van der Waals surface area contributed by atoms with E-state index in [9.17, 15) is 9.59 Å². The molecule has 2 aromatic carbocycles. The molecule has 1 N–H and O–H groups in total. The van der Waals surface area contributed by atoms with Crippen LogP contribution in [0.1, 0.15) is 54.8 Å². The summed E-state index contributed by atoms with van der Waals surface area (Å²) in [6, 6.07) is 18.2. The molecule has 2 amide bonds. The fourth-order valence-corrected chi connectivity index (χ4v) is 3.99. The molecule has 0 unspecified atom stereocenters. The van der Waals surface area contributed by atoms with Crippen LogP contribution in [0.3, 0.4) is 0 Å². The number of aryl methyl sites for hydroxylation is 1. The SMILES string of the molecule is O=C(CCC(=O)N1CCC(c2ccccc2)=N1)N[C@@H]1CCCc2ccccc21. The zero-order valence-electron chi connectivity index (χ0n) is 15.9. The van der Waals surface area contributed by atoms with Gasteiger partial charge >= 0.3 is 0 Å². The third-order valence-corrected chi connectivity index (χ3v) is 5.47. The van der Waals surface area contributed by atoms with Crippen molar-refractivity contribution in [2.45, 2.75) is 44.6 Å². The van der Waals surface area contributed by atoms with Gasteiger partial charge in [0.15, 0.2) is 0 Å². The molecule has 0 bridgehead atoms. The summed E-state index contributed by atoms with van der Waals surface area (Å²) < 4.78 is 0. The molecule has 0 saturated carbocycles.